The van der Waals surface area contributed by atoms with E-state index in [-0.39, 0.29) is 0 Å². The molecular formula is C19H24N10. The lowest BCUT2D eigenvalue weighted by Crippen LogP contribution is -2.32. The largest absolute Gasteiger partial charge is 0.353 e. The highest BCUT2D eigenvalue weighted by Crippen LogP contribution is 2.25. The number of aromatic nitrogens is 8. The van der Waals surface area contributed by atoms with Crippen molar-refractivity contribution in [1.29, 1.82) is 0 Å². The number of hydrogen-bond donors (Lipinski definition) is 0. The highest BCUT2D eigenvalue weighted by molar-refractivity contribution is 5.83. The zero-order valence-electron chi connectivity index (χ0n) is 16.7. The van der Waals surface area contributed by atoms with Crippen LogP contribution < -0.4 is 9.80 Å². The predicted molar refractivity (Wildman–Crippen MR) is 110 cm³/mol. The van der Waals surface area contributed by atoms with Crippen molar-refractivity contribution in [1.82, 2.24) is 39.1 Å². The van der Waals surface area contributed by atoms with Crippen molar-refractivity contribution >= 4 is 28.4 Å². The van der Waals surface area contributed by atoms with E-state index >= 15 is 0 Å². The summed E-state index contributed by atoms with van der Waals surface area (Å²) in [7, 11) is 0. The summed E-state index contributed by atoms with van der Waals surface area (Å²) in [5.74, 6) is 2.76. The van der Waals surface area contributed by atoms with Gasteiger partial charge in [-0.15, -0.1) is 10.2 Å². The van der Waals surface area contributed by atoms with Crippen LogP contribution in [0.5, 0.6) is 0 Å². The molecule has 4 aromatic rings. The van der Waals surface area contributed by atoms with Crippen LogP contribution in [-0.2, 0) is 13.0 Å². The second kappa shape index (κ2) is 7.26. The van der Waals surface area contributed by atoms with Crippen LogP contribution in [0.25, 0.3) is 16.8 Å². The van der Waals surface area contributed by atoms with E-state index in [1.807, 2.05) is 27.7 Å². The van der Waals surface area contributed by atoms with Gasteiger partial charge in [0.2, 0.25) is 5.65 Å². The lowest BCUT2D eigenvalue weighted by Gasteiger charge is -2.23. The first-order valence-electron chi connectivity index (χ1n) is 10.1. The molecule has 0 atom stereocenters. The van der Waals surface area contributed by atoms with Crippen LogP contribution in [0.1, 0.15) is 26.1 Å². The number of anilines is 2. The third-order valence-electron chi connectivity index (χ3n) is 5.51. The molecule has 0 saturated carbocycles. The molecule has 0 aromatic carbocycles. The fourth-order valence-electron chi connectivity index (χ4n) is 4.00. The number of hydrogen-bond acceptors (Lipinski definition) is 8. The third kappa shape index (κ3) is 2.95. The Morgan fingerprint density at radius 1 is 0.862 bits per heavy atom. The van der Waals surface area contributed by atoms with Gasteiger partial charge < -0.3 is 14.4 Å². The molecule has 1 saturated heterocycles. The van der Waals surface area contributed by atoms with Crippen molar-refractivity contribution in [3.8, 4) is 0 Å². The van der Waals surface area contributed by atoms with Gasteiger partial charge in [-0.25, -0.2) is 19.9 Å². The summed E-state index contributed by atoms with van der Waals surface area (Å²) in [6.45, 7) is 8.52. The van der Waals surface area contributed by atoms with E-state index in [1.165, 1.54) is 0 Å². The molecule has 0 spiro atoms. The van der Waals surface area contributed by atoms with Gasteiger partial charge in [-0.3, -0.25) is 4.40 Å². The zero-order chi connectivity index (χ0) is 19.8. The Balaban J connectivity index is 1.43. The first-order chi connectivity index (χ1) is 14.3. The van der Waals surface area contributed by atoms with Gasteiger partial charge in [0.1, 0.15) is 12.2 Å². The summed E-state index contributed by atoms with van der Waals surface area (Å²) in [5.41, 5.74) is 2.58. The molecule has 0 N–H and O–H groups in total. The average Bonchev–Trinajstić information content (AvgIpc) is 3.30. The summed E-state index contributed by atoms with van der Waals surface area (Å²) >= 11 is 0. The second-order valence-corrected chi connectivity index (χ2v) is 7.14. The van der Waals surface area contributed by atoms with E-state index in [4.69, 9.17) is 0 Å². The number of fused-ring (bicyclic) bond motifs is 2. The summed E-state index contributed by atoms with van der Waals surface area (Å²) in [4.78, 5) is 22.8. The number of imidazole rings is 1. The molecule has 0 unspecified atom stereocenters. The second-order valence-electron chi connectivity index (χ2n) is 7.14. The van der Waals surface area contributed by atoms with Crippen molar-refractivity contribution < 1.29 is 0 Å². The zero-order valence-corrected chi connectivity index (χ0v) is 16.7. The fourth-order valence-corrected chi connectivity index (χ4v) is 4.00. The van der Waals surface area contributed by atoms with Gasteiger partial charge in [-0.2, -0.15) is 0 Å². The van der Waals surface area contributed by atoms with Crippen LogP contribution >= 0.6 is 0 Å². The first kappa shape index (κ1) is 17.8. The normalized spacial score (nSPS) is 15.4. The smallest absolute Gasteiger partial charge is 0.203 e. The van der Waals surface area contributed by atoms with Crippen LogP contribution in [-0.4, -0.2) is 65.3 Å². The van der Waals surface area contributed by atoms with E-state index in [0.29, 0.717) is 0 Å². The minimum Gasteiger partial charge on any atom is -0.353 e. The maximum Gasteiger partial charge on any atom is 0.203 e. The summed E-state index contributed by atoms with van der Waals surface area (Å²) < 4.78 is 4.09. The molecular weight excluding hydrogens is 368 g/mol. The van der Waals surface area contributed by atoms with Gasteiger partial charge in [-0.05, 0) is 13.3 Å². The maximum atomic E-state index is 4.62. The Bertz CT molecular complexity index is 1060. The monoisotopic (exact) mass is 392 g/mol. The van der Waals surface area contributed by atoms with Gasteiger partial charge in [0.15, 0.2) is 22.8 Å². The Kier molecular flexibility index (Phi) is 4.45. The predicted octanol–water partition coefficient (Wildman–Crippen LogP) is 1.56. The van der Waals surface area contributed by atoms with Crippen molar-refractivity contribution in [2.45, 2.75) is 33.2 Å². The SMILES string of the molecule is CCc1nnc2c(N3CCCN(c4ncnc5c4ncn5CC)CC3)nccn12. The van der Waals surface area contributed by atoms with Gasteiger partial charge in [0.05, 0.1) is 6.33 Å². The summed E-state index contributed by atoms with van der Waals surface area (Å²) in [5, 5.41) is 8.70. The topological polar surface area (TPSA) is 93.2 Å². The van der Waals surface area contributed by atoms with Gasteiger partial charge >= 0.3 is 0 Å². The molecule has 1 fully saturated rings. The lowest BCUT2D eigenvalue weighted by molar-refractivity contribution is 0.775. The standard InChI is InChI=1S/C19H24N10/c1-3-14-24-25-19-18(20-6-9-29(14)19)28-8-5-7-27(10-11-28)17-15-16(21-12-22-17)26(4-2)13-23-15/h6,9,12-13H,3-5,7-8,10-11H2,1-2H3. The first-order valence-corrected chi connectivity index (χ1v) is 10.1. The summed E-state index contributed by atoms with van der Waals surface area (Å²) in [6, 6.07) is 0. The molecule has 4 aromatic heterocycles. The van der Waals surface area contributed by atoms with Crippen LogP contribution in [0.15, 0.2) is 25.0 Å². The van der Waals surface area contributed by atoms with Crippen molar-refractivity contribution in [3.05, 3.63) is 30.9 Å². The van der Waals surface area contributed by atoms with Gasteiger partial charge in [0, 0.05) is 51.5 Å². The molecule has 0 bridgehead atoms. The summed E-state index contributed by atoms with van der Waals surface area (Å²) in [6.07, 6.45) is 9.08. The quantitative estimate of drug-likeness (QED) is 0.517. The Labute approximate surface area is 168 Å². The molecule has 10 heteroatoms. The lowest BCUT2D eigenvalue weighted by atomic mass is 10.3. The fraction of sp³-hybridized carbons (Fsp3) is 0.474. The third-order valence-corrected chi connectivity index (χ3v) is 5.51. The number of aryl methyl sites for hydroxylation is 2. The van der Waals surface area contributed by atoms with E-state index in [9.17, 15) is 0 Å². The van der Waals surface area contributed by atoms with E-state index in [0.717, 1.165) is 79.8 Å². The van der Waals surface area contributed by atoms with E-state index in [2.05, 4.69) is 53.8 Å². The Morgan fingerprint density at radius 2 is 1.69 bits per heavy atom. The molecule has 0 amide bonds. The molecule has 5 rings (SSSR count). The van der Waals surface area contributed by atoms with Crippen LogP contribution in [0.2, 0.25) is 0 Å². The van der Waals surface area contributed by atoms with Crippen molar-refractivity contribution in [2.24, 2.45) is 0 Å². The Hall–Kier alpha value is -3.30. The molecule has 150 valence electrons. The molecule has 0 aliphatic carbocycles. The van der Waals surface area contributed by atoms with Crippen molar-refractivity contribution in [2.75, 3.05) is 36.0 Å². The maximum absolute atomic E-state index is 4.62. The van der Waals surface area contributed by atoms with Crippen LogP contribution in [0.4, 0.5) is 11.6 Å². The minimum absolute atomic E-state index is 0.823. The van der Waals surface area contributed by atoms with Gasteiger partial charge in [0.25, 0.3) is 0 Å². The minimum atomic E-state index is 0.823. The van der Waals surface area contributed by atoms with Crippen molar-refractivity contribution in [3.63, 3.8) is 0 Å². The van der Waals surface area contributed by atoms with Gasteiger partial charge in [-0.1, -0.05) is 6.92 Å². The van der Waals surface area contributed by atoms with E-state index < -0.39 is 0 Å². The van der Waals surface area contributed by atoms with Crippen LogP contribution in [0, 0.1) is 0 Å². The molecule has 29 heavy (non-hydrogen) atoms. The molecule has 10 nitrogen and oxygen atoms in total. The highest BCUT2D eigenvalue weighted by atomic mass is 15.3. The molecule has 0 radical (unpaired) electrons. The number of rotatable bonds is 4. The van der Waals surface area contributed by atoms with Crippen LogP contribution in [0.3, 0.4) is 0 Å². The van der Waals surface area contributed by atoms with E-state index in [1.54, 1.807) is 6.33 Å². The number of nitrogens with zero attached hydrogens (tertiary/aromatic N) is 10. The molecule has 1 aliphatic heterocycles. The highest BCUT2D eigenvalue weighted by Gasteiger charge is 2.22. The molecule has 5 heterocycles. The average molecular weight is 392 g/mol. The Morgan fingerprint density at radius 3 is 2.48 bits per heavy atom. The molecule has 1 aliphatic rings.